The molecular formula is C13H22N2OS2. The van der Waals surface area contributed by atoms with Gasteiger partial charge in [0.25, 0.3) is 0 Å². The number of aromatic nitrogens is 1. The van der Waals surface area contributed by atoms with Gasteiger partial charge in [-0.15, -0.1) is 11.3 Å². The highest BCUT2D eigenvalue weighted by molar-refractivity contribution is 7.80. The number of rotatable bonds is 5. The molecule has 2 rings (SSSR count). The first kappa shape index (κ1) is 14.3. The van der Waals surface area contributed by atoms with E-state index in [1.807, 2.05) is 5.51 Å². The second-order valence-corrected chi connectivity index (χ2v) is 6.56. The van der Waals surface area contributed by atoms with Crippen molar-refractivity contribution < 1.29 is 4.74 Å². The van der Waals surface area contributed by atoms with Gasteiger partial charge < -0.3 is 9.64 Å². The Morgan fingerprint density at radius 3 is 2.78 bits per heavy atom. The van der Waals surface area contributed by atoms with E-state index in [4.69, 9.17) is 4.74 Å². The molecule has 1 aliphatic heterocycles. The Balaban J connectivity index is 1.93. The van der Waals surface area contributed by atoms with Crippen LogP contribution in [0.4, 0.5) is 0 Å². The summed E-state index contributed by atoms with van der Waals surface area (Å²) in [5, 5.41) is 0. The van der Waals surface area contributed by atoms with E-state index in [1.165, 1.54) is 10.6 Å². The molecule has 0 spiro atoms. The van der Waals surface area contributed by atoms with Crippen LogP contribution in [0.15, 0.2) is 5.51 Å². The molecule has 0 aliphatic carbocycles. The summed E-state index contributed by atoms with van der Waals surface area (Å²) in [7, 11) is 2.19. The zero-order valence-electron chi connectivity index (χ0n) is 11.2. The van der Waals surface area contributed by atoms with Gasteiger partial charge in [-0.05, 0) is 38.0 Å². The third-order valence-corrected chi connectivity index (χ3v) is 5.34. The Labute approximate surface area is 119 Å². The topological polar surface area (TPSA) is 25.4 Å². The van der Waals surface area contributed by atoms with Crippen LogP contribution in [-0.2, 0) is 11.3 Å². The molecule has 0 saturated carbocycles. The summed E-state index contributed by atoms with van der Waals surface area (Å²) in [6.07, 6.45) is 2.25. The molecule has 0 N–H and O–H groups in total. The summed E-state index contributed by atoms with van der Waals surface area (Å²) in [5.74, 6) is 0.947. The van der Waals surface area contributed by atoms with Crippen molar-refractivity contribution >= 4 is 24.0 Å². The zero-order valence-corrected chi connectivity index (χ0v) is 12.9. The van der Waals surface area contributed by atoms with E-state index in [1.54, 1.807) is 11.3 Å². The van der Waals surface area contributed by atoms with E-state index in [9.17, 15) is 0 Å². The second kappa shape index (κ2) is 6.37. The molecule has 1 fully saturated rings. The Hall–Kier alpha value is -0.100. The minimum absolute atomic E-state index is 0.328. The molecule has 0 radical (unpaired) electrons. The first-order valence-corrected chi connectivity index (χ1v) is 7.92. The van der Waals surface area contributed by atoms with Crippen molar-refractivity contribution in [1.82, 2.24) is 9.88 Å². The number of hydrogen-bond acceptors (Lipinski definition) is 5. The van der Waals surface area contributed by atoms with Crippen molar-refractivity contribution in [2.45, 2.75) is 26.3 Å². The van der Waals surface area contributed by atoms with Gasteiger partial charge in [-0.2, -0.15) is 12.6 Å². The highest BCUT2D eigenvalue weighted by Gasteiger charge is 2.32. The molecule has 0 unspecified atom stereocenters. The molecule has 0 bridgehead atoms. The lowest BCUT2D eigenvalue weighted by Gasteiger charge is -2.39. The molecule has 0 aromatic carbocycles. The number of aryl methyl sites for hydroxylation is 1. The van der Waals surface area contributed by atoms with E-state index >= 15 is 0 Å². The fraction of sp³-hybridized carbons (Fsp3) is 0.769. The molecule has 3 nitrogen and oxygen atoms in total. The normalized spacial score (nSPS) is 19.3. The lowest BCUT2D eigenvalue weighted by Crippen LogP contribution is -2.41. The molecule has 0 amide bonds. The van der Waals surface area contributed by atoms with Gasteiger partial charge in [-0.25, -0.2) is 4.98 Å². The molecule has 1 aromatic heterocycles. The van der Waals surface area contributed by atoms with Gasteiger partial charge in [0.05, 0.1) is 11.2 Å². The largest absolute Gasteiger partial charge is 0.381 e. The van der Waals surface area contributed by atoms with Crippen molar-refractivity contribution in [3.63, 3.8) is 0 Å². The third-order valence-electron chi connectivity index (χ3n) is 3.75. The van der Waals surface area contributed by atoms with Crippen LogP contribution < -0.4 is 0 Å². The smallest absolute Gasteiger partial charge is 0.0798 e. The molecule has 1 aliphatic rings. The van der Waals surface area contributed by atoms with E-state index in [2.05, 4.69) is 36.5 Å². The monoisotopic (exact) mass is 286 g/mol. The minimum Gasteiger partial charge on any atom is -0.381 e. The zero-order chi connectivity index (χ0) is 13.0. The van der Waals surface area contributed by atoms with Crippen LogP contribution in [-0.4, -0.2) is 42.4 Å². The minimum atomic E-state index is 0.328. The van der Waals surface area contributed by atoms with Gasteiger partial charge in [-0.3, -0.25) is 0 Å². The summed E-state index contributed by atoms with van der Waals surface area (Å²) >= 11 is 6.32. The van der Waals surface area contributed by atoms with Gasteiger partial charge >= 0.3 is 0 Å². The fourth-order valence-corrected chi connectivity index (χ4v) is 3.79. The fourth-order valence-electron chi connectivity index (χ4n) is 2.52. The predicted octanol–water partition coefficient (Wildman–Crippen LogP) is 2.61. The van der Waals surface area contributed by atoms with Gasteiger partial charge in [0.15, 0.2) is 0 Å². The van der Waals surface area contributed by atoms with Crippen molar-refractivity contribution in [1.29, 1.82) is 0 Å². The average molecular weight is 286 g/mol. The molecule has 1 aromatic rings. The molecule has 2 heterocycles. The molecule has 1 saturated heterocycles. The van der Waals surface area contributed by atoms with Crippen LogP contribution >= 0.6 is 24.0 Å². The number of thiazole rings is 1. The maximum absolute atomic E-state index is 5.47. The molecule has 102 valence electrons. The van der Waals surface area contributed by atoms with Crippen molar-refractivity contribution in [2.24, 2.45) is 5.41 Å². The SMILES string of the molecule is Cc1ncsc1CN(C)CC1(CS)CCOCC1. The Morgan fingerprint density at radius 1 is 1.50 bits per heavy atom. The summed E-state index contributed by atoms with van der Waals surface area (Å²) in [6, 6.07) is 0. The van der Waals surface area contributed by atoms with Crippen molar-refractivity contribution in [3.8, 4) is 0 Å². The van der Waals surface area contributed by atoms with Crippen LogP contribution in [0.25, 0.3) is 0 Å². The Kier molecular flexibility index (Phi) is 5.06. The predicted molar refractivity (Wildman–Crippen MR) is 79.5 cm³/mol. The lowest BCUT2D eigenvalue weighted by molar-refractivity contribution is 0.0106. The van der Waals surface area contributed by atoms with E-state index in [0.29, 0.717) is 5.41 Å². The van der Waals surface area contributed by atoms with Crippen LogP contribution in [0, 0.1) is 12.3 Å². The third kappa shape index (κ3) is 3.47. The van der Waals surface area contributed by atoms with Crippen LogP contribution in [0.5, 0.6) is 0 Å². The maximum atomic E-state index is 5.47. The van der Waals surface area contributed by atoms with Gasteiger partial charge in [0.1, 0.15) is 0 Å². The second-order valence-electron chi connectivity index (χ2n) is 5.30. The van der Waals surface area contributed by atoms with Crippen LogP contribution in [0.1, 0.15) is 23.4 Å². The first-order valence-electron chi connectivity index (χ1n) is 6.41. The highest BCUT2D eigenvalue weighted by atomic mass is 32.1. The number of thiol groups is 1. The van der Waals surface area contributed by atoms with Crippen molar-refractivity contribution in [2.75, 3.05) is 32.6 Å². The summed E-state index contributed by atoms with van der Waals surface area (Å²) < 4.78 is 5.47. The van der Waals surface area contributed by atoms with E-state index in [0.717, 1.165) is 44.9 Å². The molecule has 0 atom stereocenters. The Morgan fingerprint density at radius 2 is 2.22 bits per heavy atom. The van der Waals surface area contributed by atoms with Gasteiger partial charge in [0, 0.05) is 31.2 Å². The summed E-state index contributed by atoms with van der Waals surface area (Å²) in [4.78, 5) is 8.09. The number of ether oxygens (including phenoxy) is 1. The van der Waals surface area contributed by atoms with Crippen LogP contribution in [0.2, 0.25) is 0 Å². The first-order chi connectivity index (χ1) is 8.65. The van der Waals surface area contributed by atoms with Crippen molar-refractivity contribution in [3.05, 3.63) is 16.1 Å². The standard InChI is InChI=1S/C13H22N2OS2/c1-11-12(18-10-14-11)7-15(2)8-13(9-17)3-5-16-6-4-13/h10,17H,3-9H2,1-2H3. The molecule has 5 heteroatoms. The molecular weight excluding hydrogens is 264 g/mol. The lowest BCUT2D eigenvalue weighted by atomic mass is 9.81. The summed E-state index contributed by atoms with van der Waals surface area (Å²) in [6.45, 7) is 5.94. The van der Waals surface area contributed by atoms with Crippen LogP contribution in [0.3, 0.4) is 0 Å². The summed E-state index contributed by atoms with van der Waals surface area (Å²) in [5.41, 5.74) is 3.43. The van der Waals surface area contributed by atoms with E-state index in [-0.39, 0.29) is 0 Å². The van der Waals surface area contributed by atoms with Gasteiger partial charge in [-0.1, -0.05) is 0 Å². The van der Waals surface area contributed by atoms with Gasteiger partial charge in [0.2, 0.25) is 0 Å². The Bertz CT molecular complexity index is 375. The number of nitrogens with zero attached hydrogens (tertiary/aromatic N) is 2. The number of hydrogen-bond donors (Lipinski definition) is 1. The average Bonchev–Trinajstić information content (AvgIpc) is 2.76. The highest BCUT2D eigenvalue weighted by Crippen LogP contribution is 2.33. The maximum Gasteiger partial charge on any atom is 0.0798 e. The molecule has 18 heavy (non-hydrogen) atoms. The van der Waals surface area contributed by atoms with E-state index < -0.39 is 0 Å². The quantitative estimate of drug-likeness (QED) is 0.843.